The minimum Gasteiger partial charge on any atom is -0.481 e. The predicted molar refractivity (Wildman–Crippen MR) is 83.5 cm³/mol. The Bertz CT molecular complexity index is 554. The lowest BCUT2D eigenvalue weighted by atomic mass is 9.82. The number of alkyl halides is 3. The second-order valence-corrected chi connectivity index (χ2v) is 5.78. The van der Waals surface area contributed by atoms with Crippen LogP contribution in [0.25, 0.3) is 0 Å². The molecule has 1 rings (SSSR count). The first kappa shape index (κ1) is 20.0. The molecule has 0 spiro atoms. The maximum atomic E-state index is 13.2. The monoisotopic (exact) mass is 345 g/mol. The summed E-state index contributed by atoms with van der Waals surface area (Å²) < 4.78 is 39.7. The molecule has 0 aromatic heterocycles. The zero-order chi connectivity index (χ0) is 18.4. The van der Waals surface area contributed by atoms with Gasteiger partial charge in [-0.15, -0.1) is 0 Å². The van der Waals surface area contributed by atoms with E-state index < -0.39 is 35.8 Å². The molecule has 0 bridgehead atoms. The molecular weight excluding hydrogens is 323 g/mol. The average molecular weight is 345 g/mol. The second-order valence-electron chi connectivity index (χ2n) is 5.78. The van der Waals surface area contributed by atoms with Crippen molar-refractivity contribution < 1.29 is 27.9 Å². The number of amides is 1. The summed E-state index contributed by atoms with van der Waals surface area (Å²) in [6, 6.07) is 7.21. The van der Waals surface area contributed by atoms with Crippen LogP contribution < -0.4 is 5.32 Å². The molecule has 1 unspecified atom stereocenters. The predicted octanol–water partition coefficient (Wildman–Crippen LogP) is 3.73. The van der Waals surface area contributed by atoms with Gasteiger partial charge in [-0.1, -0.05) is 44.2 Å². The summed E-state index contributed by atoms with van der Waals surface area (Å²) in [5.74, 6) is -3.79. The molecule has 0 heterocycles. The number of halogens is 3. The lowest BCUT2D eigenvalue weighted by Crippen LogP contribution is -2.43. The maximum absolute atomic E-state index is 13.2. The summed E-state index contributed by atoms with van der Waals surface area (Å²) in [5.41, 5.74) is -1.15. The van der Waals surface area contributed by atoms with Gasteiger partial charge in [0.15, 0.2) is 0 Å². The van der Waals surface area contributed by atoms with Gasteiger partial charge in [-0.25, -0.2) is 0 Å². The summed E-state index contributed by atoms with van der Waals surface area (Å²) in [5, 5.41) is 11.7. The number of rotatable bonds is 8. The van der Waals surface area contributed by atoms with Crippen molar-refractivity contribution >= 4 is 11.9 Å². The van der Waals surface area contributed by atoms with E-state index in [-0.39, 0.29) is 24.9 Å². The summed E-state index contributed by atoms with van der Waals surface area (Å²) in [6.07, 6.45) is -4.77. The Morgan fingerprint density at radius 2 is 1.67 bits per heavy atom. The van der Waals surface area contributed by atoms with Crippen LogP contribution in [-0.2, 0) is 9.59 Å². The van der Waals surface area contributed by atoms with Gasteiger partial charge in [0.05, 0.1) is 11.3 Å². The lowest BCUT2D eigenvalue weighted by Gasteiger charge is -2.27. The number of benzene rings is 1. The van der Waals surface area contributed by atoms with Crippen LogP contribution in [0.3, 0.4) is 0 Å². The molecule has 0 aliphatic rings. The highest BCUT2D eigenvalue weighted by Gasteiger charge is 2.42. The number of carbonyl (C=O) groups is 2. The molecule has 2 N–H and O–H groups in total. The molecule has 1 aromatic carbocycles. The Balaban J connectivity index is 2.82. The number of aliphatic carboxylic acids is 1. The van der Waals surface area contributed by atoms with E-state index in [0.29, 0.717) is 0 Å². The third-order valence-corrected chi connectivity index (χ3v) is 4.42. The maximum Gasteiger partial charge on any atom is 0.396 e. The van der Waals surface area contributed by atoms with E-state index in [0.717, 1.165) is 0 Å². The number of nitrogens with one attached hydrogen (secondary N) is 1. The molecule has 0 aliphatic carbocycles. The van der Waals surface area contributed by atoms with Crippen molar-refractivity contribution in [1.29, 1.82) is 0 Å². The standard InChI is InChI=1S/C17H22F3NO3/c1-3-16(4-2,15(23)24)11-21-14(22)10-13(17(18,19)20)12-8-6-5-7-9-12/h5-9,13H,3-4,10-11H2,1-2H3,(H,21,22)(H,23,24). The Morgan fingerprint density at radius 3 is 2.08 bits per heavy atom. The van der Waals surface area contributed by atoms with Gasteiger partial charge in [0, 0.05) is 13.0 Å². The molecule has 1 aromatic rings. The number of carboxylic acid groups (broad SMARTS) is 1. The minimum atomic E-state index is -4.56. The van der Waals surface area contributed by atoms with Crippen LogP contribution in [0, 0.1) is 5.41 Å². The SMILES string of the molecule is CCC(CC)(CNC(=O)CC(c1ccccc1)C(F)(F)F)C(=O)O. The molecule has 0 saturated heterocycles. The van der Waals surface area contributed by atoms with Gasteiger partial charge in [-0.05, 0) is 18.4 Å². The van der Waals surface area contributed by atoms with Gasteiger partial charge < -0.3 is 10.4 Å². The second kappa shape index (κ2) is 8.17. The van der Waals surface area contributed by atoms with Gasteiger partial charge in [0.25, 0.3) is 0 Å². The van der Waals surface area contributed by atoms with E-state index >= 15 is 0 Å². The van der Waals surface area contributed by atoms with E-state index in [1.165, 1.54) is 24.3 Å². The molecule has 0 radical (unpaired) electrons. The van der Waals surface area contributed by atoms with Crippen molar-refractivity contribution in [3.63, 3.8) is 0 Å². The molecule has 1 atom stereocenters. The highest BCUT2D eigenvalue weighted by atomic mass is 19.4. The lowest BCUT2D eigenvalue weighted by molar-refractivity contribution is -0.158. The van der Waals surface area contributed by atoms with E-state index in [1.54, 1.807) is 19.9 Å². The smallest absolute Gasteiger partial charge is 0.396 e. The molecule has 24 heavy (non-hydrogen) atoms. The fourth-order valence-electron chi connectivity index (χ4n) is 2.51. The Kier molecular flexibility index (Phi) is 6.81. The number of carboxylic acids is 1. The summed E-state index contributed by atoms with van der Waals surface area (Å²) >= 11 is 0. The van der Waals surface area contributed by atoms with Crippen molar-refractivity contribution in [2.45, 2.75) is 45.2 Å². The van der Waals surface area contributed by atoms with E-state index in [9.17, 15) is 27.9 Å². The first-order valence-corrected chi connectivity index (χ1v) is 7.78. The molecule has 0 saturated carbocycles. The molecule has 0 fully saturated rings. The summed E-state index contributed by atoms with van der Waals surface area (Å²) in [4.78, 5) is 23.3. The summed E-state index contributed by atoms with van der Waals surface area (Å²) in [6.45, 7) is 3.16. The van der Waals surface area contributed by atoms with Crippen molar-refractivity contribution in [2.24, 2.45) is 5.41 Å². The molecule has 1 amide bonds. The van der Waals surface area contributed by atoms with Gasteiger partial charge in [-0.3, -0.25) is 9.59 Å². The van der Waals surface area contributed by atoms with Crippen molar-refractivity contribution in [1.82, 2.24) is 5.32 Å². The van der Waals surface area contributed by atoms with E-state index in [1.807, 2.05) is 0 Å². The van der Waals surface area contributed by atoms with Crippen LogP contribution in [0.4, 0.5) is 13.2 Å². The zero-order valence-corrected chi connectivity index (χ0v) is 13.7. The Morgan fingerprint density at radius 1 is 1.12 bits per heavy atom. The zero-order valence-electron chi connectivity index (χ0n) is 13.7. The quantitative estimate of drug-likeness (QED) is 0.754. The van der Waals surface area contributed by atoms with Crippen LogP contribution in [0.5, 0.6) is 0 Å². The average Bonchev–Trinajstić information content (AvgIpc) is 2.53. The van der Waals surface area contributed by atoms with Crippen molar-refractivity contribution in [2.75, 3.05) is 6.54 Å². The van der Waals surface area contributed by atoms with E-state index in [4.69, 9.17) is 0 Å². The highest BCUT2D eigenvalue weighted by molar-refractivity contribution is 5.79. The van der Waals surface area contributed by atoms with Crippen LogP contribution >= 0.6 is 0 Å². The Labute approximate surface area is 139 Å². The van der Waals surface area contributed by atoms with Crippen LogP contribution in [0.2, 0.25) is 0 Å². The largest absolute Gasteiger partial charge is 0.481 e. The normalized spacial score (nSPS) is 13.4. The molecule has 0 aliphatic heterocycles. The number of hydrogen-bond acceptors (Lipinski definition) is 2. The summed E-state index contributed by atoms with van der Waals surface area (Å²) in [7, 11) is 0. The van der Waals surface area contributed by atoms with Crippen molar-refractivity contribution in [3.05, 3.63) is 35.9 Å². The highest BCUT2D eigenvalue weighted by Crippen LogP contribution is 2.37. The van der Waals surface area contributed by atoms with Crippen molar-refractivity contribution in [3.8, 4) is 0 Å². The fourth-order valence-corrected chi connectivity index (χ4v) is 2.51. The molecule has 7 heteroatoms. The molecular formula is C17H22F3NO3. The van der Waals surface area contributed by atoms with Gasteiger partial charge in [-0.2, -0.15) is 13.2 Å². The first-order valence-electron chi connectivity index (χ1n) is 7.78. The number of carbonyl (C=O) groups excluding carboxylic acids is 1. The third-order valence-electron chi connectivity index (χ3n) is 4.42. The van der Waals surface area contributed by atoms with Crippen LogP contribution in [-0.4, -0.2) is 29.7 Å². The minimum absolute atomic E-state index is 0.00984. The molecule has 4 nitrogen and oxygen atoms in total. The van der Waals surface area contributed by atoms with Gasteiger partial charge in [0.2, 0.25) is 5.91 Å². The fraction of sp³-hybridized carbons (Fsp3) is 0.529. The van der Waals surface area contributed by atoms with Gasteiger partial charge >= 0.3 is 12.1 Å². The number of hydrogen-bond donors (Lipinski definition) is 2. The third kappa shape index (κ3) is 4.97. The van der Waals surface area contributed by atoms with E-state index in [2.05, 4.69) is 5.32 Å². The topological polar surface area (TPSA) is 66.4 Å². The van der Waals surface area contributed by atoms with Crippen LogP contribution in [0.1, 0.15) is 44.6 Å². The first-order chi connectivity index (χ1) is 11.2. The molecule has 134 valence electrons. The Hall–Kier alpha value is -2.05. The van der Waals surface area contributed by atoms with Gasteiger partial charge in [0.1, 0.15) is 0 Å². The van der Waals surface area contributed by atoms with Crippen LogP contribution in [0.15, 0.2) is 30.3 Å².